The predicted molar refractivity (Wildman–Crippen MR) is 106 cm³/mol. The molecule has 0 fully saturated rings. The highest BCUT2D eigenvalue weighted by Gasteiger charge is 2.18. The summed E-state index contributed by atoms with van der Waals surface area (Å²) in [4.78, 5) is 31.4. The highest BCUT2D eigenvalue weighted by Crippen LogP contribution is 2.20. The Morgan fingerprint density at radius 3 is 2.46 bits per heavy atom. The van der Waals surface area contributed by atoms with Gasteiger partial charge in [-0.2, -0.15) is 0 Å². The van der Waals surface area contributed by atoms with Crippen LogP contribution in [-0.4, -0.2) is 23.8 Å². The van der Waals surface area contributed by atoms with E-state index in [-0.39, 0.29) is 17.5 Å². The smallest absolute Gasteiger partial charge is 0.277 e. The van der Waals surface area contributed by atoms with Crippen LogP contribution in [0.5, 0.6) is 0 Å². The molecule has 0 spiro atoms. The van der Waals surface area contributed by atoms with E-state index in [0.717, 1.165) is 22.5 Å². The van der Waals surface area contributed by atoms with Crippen LogP contribution >= 0.6 is 23.3 Å². The van der Waals surface area contributed by atoms with Gasteiger partial charge < -0.3 is 4.90 Å². The number of hydrogen-bond acceptors (Lipinski definition) is 6. The Kier molecular flexibility index (Phi) is 5.67. The maximum absolute atomic E-state index is 12.5. The van der Waals surface area contributed by atoms with Gasteiger partial charge in [0.2, 0.25) is 0 Å². The first kappa shape index (κ1) is 18.1. The Balaban J connectivity index is 1.69. The number of carbonyl (C=O) groups is 2. The van der Waals surface area contributed by atoms with Crippen molar-refractivity contribution in [3.63, 3.8) is 0 Å². The Morgan fingerprint density at radius 2 is 1.81 bits per heavy atom. The van der Waals surface area contributed by atoms with Crippen molar-refractivity contribution in [2.75, 3.05) is 17.3 Å². The molecule has 0 atom stereocenters. The van der Waals surface area contributed by atoms with Crippen LogP contribution in [0.25, 0.3) is 0 Å². The minimum atomic E-state index is -0.289. The Labute approximate surface area is 159 Å². The Morgan fingerprint density at radius 1 is 1.12 bits per heavy atom. The van der Waals surface area contributed by atoms with Gasteiger partial charge in [0.15, 0.2) is 5.13 Å². The number of rotatable bonds is 5. The summed E-state index contributed by atoms with van der Waals surface area (Å²) in [6, 6.07) is 16.2. The van der Waals surface area contributed by atoms with Crippen LogP contribution in [0.2, 0.25) is 0 Å². The number of nitrogens with zero attached hydrogens (tertiary/aromatic N) is 2. The molecule has 6 nitrogen and oxygen atoms in total. The van der Waals surface area contributed by atoms with E-state index in [1.165, 1.54) is 16.2 Å². The average molecular weight is 384 g/mol. The summed E-state index contributed by atoms with van der Waals surface area (Å²) < 4.78 is 0. The number of thiazole rings is 1. The summed E-state index contributed by atoms with van der Waals surface area (Å²) >= 11 is 2.32. The lowest BCUT2D eigenvalue weighted by Gasteiger charge is -2.15. The van der Waals surface area contributed by atoms with Crippen molar-refractivity contribution < 1.29 is 9.59 Å². The minimum absolute atomic E-state index is 0.239. The molecular weight excluding hydrogens is 368 g/mol. The number of para-hydroxylation sites is 1. The van der Waals surface area contributed by atoms with Gasteiger partial charge in [-0.3, -0.25) is 20.0 Å². The fraction of sp³-hybridized carbons (Fsp3) is 0.0556. The molecule has 26 heavy (non-hydrogen) atoms. The number of nitrogens with two attached hydrogens (primary N) is 1. The highest BCUT2D eigenvalue weighted by molar-refractivity contribution is 7.97. The summed E-state index contributed by atoms with van der Waals surface area (Å²) in [5, 5.41) is 10.2. The fourth-order valence-corrected chi connectivity index (χ4v) is 3.20. The second-order valence-corrected chi connectivity index (χ2v) is 6.90. The summed E-state index contributed by atoms with van der Waals surface area (Å²) in [6.45, 7) is 0. The second-order valence-electron chi connectivity index (χ2n) is 5.33. The number of hydrogen-bond donors (Lipinski definition) is 2. The molecule has 1 heterocycles. The van der Waals surface area contributed by atoms with Crippen molar-refractivity contribution in [2.24, 2.45) is 5.14 Å². The third-order valence-electron chi connectivity index (χ3n) is 3.64. The standard InChI is InChI=1S/C18H16N4O2S2/c1-22(13-5-3-2-4-6-13)17(24)15-11-25-18(20-15)21-16(23)12-7-9-14(26-19)10-8-12/h2-11H,19H2,1H3,(H,20,21,23). The maximum atomic E-state index is 12.5. The van der Waals surface area contributed by atoms with Gasteiger partial charge in [-0.25, -0.2) is 4.98 Å². The van der Waals surface area contributed by atoms with Crippen molar-refractivity contribution in [1.82, 2.24) is 4.98 Å². The van der Waals surface area contributed by atoms with E-state index in [2.05, 4.69) is 10.3 Å². The molecule has 0 unspecified atom stereocenters. The van der Waals surface area contributed by atoms with Crippen LogP contribution in [-0.2, 0) is 0 Å². The zero-order valence-corrected chi connectivity index (χ0v) is 15.5. The molecule has 0 aliphatic heterocycles. The molecule has 0 radical (unpaired) electrons. The SMILES string of the molecule is CN(C(=O)c1csc(NC(=O)c2ccc(SN)cc2)n1)c1ccccc1. The summed E-state index contributed by atoms with van der Waals surface area (Å²) in [5.74, 6) is -0.527. The van der Waals surface area contributed by atoms with Crippen LogP contribution in [0.4, 0.5) is 10.8 Å². The summed E-state index contributed by atoms with van der Waals surface area (Å²) in [7, 11) is 1.69. The molecule has 0 bridgehead atoms. The van der Waals surface area contributed by atoms with Gasteiger partial charge in [-0.05, 0) is 48.3 Å². The number of aromatic nitrogens is 1. The van der Waals surface area contributed by atoms with Gasteiger partial charge in [0, 0.05) is 28.6 Å². The molecule has 2 amide bonds. The monoisotopic (exact) mass is 384 g/mol. The van der Waals surface area contributed by atoms with E-state index in [0.29, 0.717) is 10.7 Å². The average Bonchev–Trinajstić information content (AvgIpc) is 3.16. The normalized spacial score (nSPS) is 10.4. The first-order valence-electron chi connectivity index (χ1n) is 7.65. The molecule has 0 saturated carbocycles. The molecule has 0 aliphatic carbocycles. The largest absolute Gasteiger partial charge is 0.310 e. The van der Waals surface area contributed by atoms with E-state index in [9.17, 15) is 9.59 Å². The predicted octanol–water partition coefficient (Wildman–Crippen LogP) is 3.64. The number of benzene rings is 2. The number of anilines is 2. The maximum Gasteiger partial charge on any atom is 0.277 e. The first-order valence-corrected chi connectivity index (χ1v) is 9.41. The van der Waals surface area contributed by atoms with Gasteiger partial charge in [-0.15, -0.1) is 11.3 Å². The van der Waals surface area contributed by atoms with E-state index in [1.54, 1.807) is 36.7 Å². The highest BCUT2D eigenvalue weighted by atomic mass is 32.2. The number of nitrogens with one attached hydrogen (secondary N) is 1. The first-order chi connectivity index (χ1) is 12.6. The van der Waals surface area contributed by atoms with E-state index >= 15 is 0 Å². The molecule has 3 N–H and O–H groups in total. The molecule has 8 heteroatoms. The summed E-state index contributed by atoms with van der Waals surface area (Å²) in [6.07, 6.45) is 0. The molecule has 0 aliphatic rings. The van der Waals surface area contributed by atoms with Crippen molar-refractivity contribution in [1.29, 1.82) is 0 Å². The number of carbonyl (C=O) groups excluding carboxylic acids is 2. The molecular formula is C18H16N4O2S2. The number of amides is 2. The van der Waals surface area contributed by atoms with E-state index in [4.69, 9.17) is 5.14 Å². The lowest BCUT2D eigenvalue weighted by atomic mass is 10.2. The molecule has 3 rings (SSSR count). The van der Waals surface area contributed by atoms with Crippen LogP contribution in [0.3, 0.4) is 0 Å². The lowest BCUT2D eigenvalue weighted by Crippen LogP contribution is -2.26. The minimum Gasteiger partial charge on any atom is -0.310 e. The van der Waals surface area contributed by atoms with E-state index in [1.807, 2.05) is 30.3 Å². The third kappa shape index (κ3) is 4.10. The van der Waals surface area contributed by atoms with Gasteiger partial charge in [0.25, 0.3) is 11.8 Å². The topological polar surface area (TPSA) is 88.3 Å². The van der Waals surface area contributed by atoms with Gasteiger partial charge in [-0.1, -0.05) is 18.2 Å². The van der Waals surface area contributed by atoms with Crippen molar-refractivity contribution in [3.05, 3.63) is 71.2 Å². The lowest BCUT2D eigenvalue weighted by molar-refractivity contribution is 0.0986. The quantitative estimate of drug-likeness (QED) is 0.656. The molecule has 1 aromatic heterocycles. The third-order valence-corrected chi connectivity index (χ3v) is 4.95. The van der Waals surface area contributed by atoms with Crippen molar-refractivity contribution >= 4 is 45.9 Å². The molecule has 3 aromatic rings. The summed E-state index contributed by atoms with van der Waals surface area (Å²) in [5.41, 5.74) is 1.55. The van der Waals surface area contributed by atoms with Gasteiger partial charge in [0.05, 0.1) is 0 Å². The van der Waals surface area contributed by atoms with Gasteiger partial charge >= 0.3 is 0 Å². The van der Waals surface area contributed by atoms with Crippen molar-refractivity contribution in [3.8, 4) is 0 Å². The van der Waals surface area contributed by atoms with E-state index < -0.39 is 0 Å². The zero-order chi connectivity index (χ0) is 18.5. The molecule has 2 aromatic carbocycles. The Hall–Kier alpha value is -2.68. The van der Waals surface area contributed by atoms with Crippen LogP contribution in [0, 0.1) is 0 Å². The van der Waals surface area contributed by atoms with Crippen LogP contribution in [0.15, 0.2) is 64.9 Å². The molecule has 132 valence electrons. The molecule has 0 saturated heterocycles. The van der Waals surface area contributed by atoms with Gasteiger partial charge in [0.1, 0.15) is 5.69 Å². The Bertz CT molecular complexity index is 910. The van der Waals surface area contributed by atoms with Crippen LogP contribution < -0.4 is 15.4 Å². The second kappa shape index (κ2) is 8.13. The van der Waals surface area contributed by atoms with Crippen molar-refractivity contribution in [2.45, 2.75) is 4.90 Å². The van der Waals surface area contributed by atoms with Crippen LogP contribution in [0.1, 0.15) is 20.8 Å². The fourth-order valence-electron chi connectivity index (χ4n) is 2.22. The zero-order valence-electron chi connectivity index (χ0n) is 13.9.